The molecule has 7 nitrogen and oxygen atoms in total. The zero-order valence-corrected chi connectivity index (χ0v) is 12.4. The molecular formula is C13H17BN2O5. The molecule has 1 amide bonds. The molecule has 2 rings (SSSR count). The van der Waals surface area contributed by atoms with Crippen molar-refractivity contribution in [2.24, 2.45) is 5.73 Å². The molecule has 1 aromatic rings. The van der Waals surface area contributed by atoms with Crippen molar-refractivity contribution in [1.82, 2.24) is 0 Å². The second-order valence-electron chi connectivity index (χ2n) is 6.02. The van der Waals surface area contributed by atoms with Crippen molar-refractivity contribution in [1.29, 1.82) is 0 Å². The molecule has 0 spiro atoms. The summed E-state index contributed by atoms with van der Waals surface area (Å²) < 4.78 is 11.6. The van der Waals surface area contributed by atoms with Gasteiger partial charge in [0.05, 0.1) is 16.1 Å². The zero-order valence-electron chi connectivity index (χ0n) is 12.4. The average molecular weight is 292 g/mol. The van der Waals surface area contributed by atoms with Crippen LogP contribution in [0.25, 0.3) is 0 Å². The summed E-state index contributed by atoms with van der Waals surface area (Å²) in [6.45, 7) is 7.50. The third-order valence-corrected chi connectivity index (χ3v) is 3.96. The molecule has 1 saturated heterocycles. The monoisotopic (exact) mass is 292 g/mol. The van der Waals surface area contributed by atoms with Gasteiger partial charge in [-0.2, -0.15) is 0 Å². The van der Waals surface area contributed by atoms with Gasteiger partial charge in [-0.15, -0.1) is 0 Å². The maximum absolute atomic E-state index is 11.3. The zero-order chi connectivity index (χ0) is 16.0. The quantitative estimate of drug-likeness (QED) is 0.508. The normalized spacial score (nSPS) is 19.5. The number of hydrogen-bond donors (Lipinski definition) is 1. The first-order chi connectivity index (χ1) is 9.53. The molecule has 0 aromatic heterocycles. The van der Waals surface area contributed by atoms with E-state index in [4.69, 9.17) is 15.0 Å². The van der Waals surface area contributed by atoms with E-state index in [1.165, 1.54) is 12.1 Å². The van der Waals surface area contributed by atoms with Crippen LogP contribution in [0.3, 0.4) is 0 Å². The van der Waals surface area contributed by atoms with E-state index in [1.54, 1.807) is 0 Å². The Balaban J connectivity index is 2.45. The summed E-state index contributed by atoms with van der Waals surface area (Å²) in [4.78, 5) is 21.7. The lowest BCUT2D eigenvalue weighted by Crippen LogP contribution is -2.41. The van der Waals surface area contributed by atoms with Gasteiger partial charge < -0.3 is 15.0 Å². The van der Waals surface area contributed by atoms with Crippen LogP contribution in [-0.2, 0) is 9.31 Å². The molecule has 0 saturated carbocycles. The molecule has 1 aliphatic rings. The average Bonchev–Trinajstić information content (AvgIpc) is 2.58. The summed E-state index contributed by atoms with van der Waals surface area (Å²) in [5, 5.41) is 11.0. The first kappa shape index (κ1) is 15.5. The van der Waals surface area contributed by atoms with Gasteiger partial charge in [-0.3, -0.25) is 14.9 Å². The van der Waals surface area contributed by atoms with Crippen molar-refractivity contribution in [3.8, 4) is 0 Å². The number of non-ortho nitro benzene ring substituents is 1. The molecular weight excluding hydrogens is 275 g/mol. The second-order valence-corrected chi connectivity index (χ2v) is 6.02. The Bertz CT molecular complexity index is 566. The maximum Gasteiger partial charge on any atom is 0.495 e. The molecule has 0 atom stereocenters. The molecule has 8 heteroatoms. The summed E-state index contributed by atoms with van der Waals surface area (Å²) >= 11 is 0. The molecule has 1 heterocycles. The van der Waals surface area contributed by atoms with Crippen LogP contribution in [0.2, 0.25) is 0 Å². The van der Waals surface area contributed by atoms with Crippen molar-refractivity contribution < 1.29 is 19.0 Å². The molecule has 0 unspecified atom stereocenters. The van der Waals surface area contributed by atoms with Crippen LogP contribution < -0.4 is 11.2 Å². The van der Waals surface area contributed by atoms with Crippen LogP contribution >= 0.6 is 0 Å². The smallest absolute Gasteiger partial charge is 0.399 e. The van der Waals surface area contributed by atoms with Gasteiger partial charge in [0.2, 0.25) is 5.91 Å². The third-order valence-electron chi connectivity index (χ3n) is 3.96. The third kappa shape index (κ3) is 2.77. The minimum absolute atomic E-state index is 0.0499. The summed E-state index contributed by atoms with van der Waals surface area (Å²) in [5.41, 5.74) is 4.29. The highest BCUT2D eigenvalue weighted by Crippen LogP contribution is 2.36. The largest absolute Gasteiger partial charge is 0.495 e. The summed E-state index contributed by atoms with van der Waals surface area (Å²) in [6.07, 6.45) is 0. The van der Waals surface area contributed by atoms with Crippen LogP contribution in [0, 0.1) is 10.1 Å². The van der Waals surface area contributed by atoms with Crippen LogP contribution in [0.4, 0.5) is 5.69 Å². The first-order valence-corrected chi connectivity index (χ1v) is 6.48. The van der Waals surface area contributed by atoms with Gasteiger partial charge in [0.1, 0.15) is 0 Å². The molecule has 1 fully saturated rings. The molecule has 0 bridgehead atoms. The molecule has 0 aliphatic carbocycles. The molecule has 112 valence electrons. The minimum Gasteiger partial charge on any atom is -0.399 e. The number of nitro groups is 1. The molecule has 21 heavy (non-hydrogen) atoms. The lowest BCUT2D eigenvalue weighted by Gasteiger charge is -2.32. The highest BCUT2D eigenvalue weighted by atomic mass is 16.7. The van der Waals surface area contributed by atoms with Crippen molar-refractivity contribution in [3.05, 3.63) is 33.9 Å². The van der Waals surface area contributed by atoms with Gasteiger partial charge in [-0.1, -0.05) is 0 Å². The topological polar surface area (TPSA) is 105 Å². The fraction of sp³-hybridized carbons (Fsp3) is 0.462. The number of primary amides is 1. The van der Waals surface area contributed by atoms with Gasteiger partial charge in [0, 0.05) is 17.7 Å². The van der Waals surface area contributed by atoms with E-state index in [-0.39, 0.29) is 11.3 Å². The van der Waals surface area contributed by atoms with Crippen LogP contribution in [0.15, 0.2) is 18.2 Å². The van der Waals surface area contributed by atoms with Crippen LogP contribution in [0.5, 0.6) is 0 Å². The van der Waals surface area contributed by atoms with Crippen molar-refractivity contribution in [3.63, 3.8) is 0 Å². The lowest BCUT2D eigenvalue weighted by atomic mass is 9.78. The Hall–Kier alpha value is -1.93. The number of carbonyl (C=O) groups excluding carboxylic acids is 1. The van der Waals surface area contributed by atoms with Crippen molar-refractivity contribution in [2.45, 2.75) is 38.9 Å². The highest BCUT2D eigenvalue weighted by molar-refractivity contribution is 6.62. The first-order valence-electron chi connectivity index (χ1n) is 6.48. The predicted molar refractivity (Wildman–Crippen MR) is 77.3 cm³/mol. The van der Waals surface area contributed by atoms with Crippen LogP contribution in [0.1, 0.15) is 38.1 Å². The SMILES string of the molecule is CC1(C)OB(c2cc(C(N)=O)cc([N+](=O)[O-])c2)OC1(C)C. The number of nitro benzene ring substituents is 1. The van der Waals surface area contributed by atoms with E-state index >= 15 is 0 Å². The van der Waals surface area contributed by atoms with Gasteiger partial charge in [-0.25, -0.2) is 0 Å². The van der Waals surface area contributed by atoms with Crippen molar-refractivity contribution >= 4 is 24.2 Å². The lowest BCUT2D eigenvalue weighted by molar-refractivity contribution is -0.384. The minimum atomic E-state index is -0.784. The number of hydrogen-bond acceptors (Lipinski definition) is 5. The molecule has 2 N–H and O–H groups in total. The highest BCUT2D eigenvalue weighted by Gasteiger charge is 2.52. The van der Waals surface area contributed by atoms with Crippen molar-refractivity contribution in [2.75, 3.05) is 0 Å². The van der Waals surface area contributed by atoms with Gasteiger partial charge in [-0.05, 0) is 39.2 Å². The fourth-order valence-electron chi connectivity index (χ4n) is 2.00. The van der Waals surface area contributed by atoms with E-state index in [0.29, 0.717) is 5.46 Å². The Morgan fingerprint density at radius 3 is 2.14 bits per heavy atom. The van der Waals surface area contributed by atoms with Crippen LogP contribution in [-0.4, -0.2) is 29.2 Å². The number of rotatable bonds is 3. The molecule has 0 radical (unpaired) electrons. The summed E-state index contributed by atoms with van der Waals surface area (Å²) in [7, 11) is -0.784. The van der Waals surface area contributed by atoms with E-state index in [9.17, 15) is 14.9 Å². The number of nitrogens with zero attached hydrogens (tertiary/aromatic N) is 1. The standard InChI is InChI=1S/C13H17BN2O5/c1-12(2)13(3,4)21-14(20-12)9-5-8(11(15)17)6-10(7-9)16(18)19/h5-7H,1-4H3,(H2,15,17). The predicted octanol–water partition coefficient (Wildman–Crippen LogP) is 0.993. The Morgan fingerprint density at radius 2 is 1.71 bits per heavy atom. The number of carbonyl (C=O) groups is 1. The fourth-order valence-corrected chi connectivity index (χ4v) is 2.00. The molecule has 1 aromatic carbocycles. The Kier molecular flexibility index (Phi) is 3.55. The Morgan fingerprint density at radius 1 is 1.19 bits per heavy atom. The maximum atomic E-state index is 11.3. The van der Waals surface area contributed by atoms with Gasteiger partial charge >= 0.3 is 7.12 Å². The van der Waals surface area contributed by atoms with E-state index < -0.39 is 29.2 Å². The van der Waals surface area contributed by atoms with Gasteiger partial charge in [0.25, 0.3) is 5.69 Å². The summed E-state index contributed by atoms with van der Waals surface area (Å²) in [6, 6.07) is 3.92. The molecule has 1 aliphatic heterocycles. The number of amides is 1. The second kappa shape index (κ2) is 4.82. The van der Waals surface area contributed by atoms with Gasteiger partial charge in [0.15, 0.2) is 0 Å². The Labute approximate surface area is 122 Å². The van der Waals surface area contributed by atoms with E-state index in [2.05, 4.69) is 0 Å². The van der Waals surface area contributed by atoms with E-state index in [1.807, 2.05) is 27.7 Å². The number of benzene rings is 1. The van der Waals surface area contributed by atoms with E-state index in [0.717, 1.165) is 6.07 Å². The number of nitrogens with two attached hydrogens (primary N) is 1. The summed E-state index contributed by atoms with van der Waals surface area (Å²) in [5.74, 6) is -0.739.